The molecule has 4 heteroatoms. The lowest BCUT2D eigenvalue weighted by Gasteiger charge is -2.43. The normalized spacial score (nSPS) is 13.4. The van der Waals surface area contributed by atoms with Crippen LogP contribution in [-0.2, 0) is 15.8 Å². The van der Waals surface area contributed by atoms with E-state index in [-0.39, 0.29) is 11.1 Å². The van der Waals surface area contributed by atoms with E-state index in [0.29, 0.717) is 19.1 Å². The Morgan fingerprint density at radius 1 is 0.821 bits per heavy atom. The smallest absolute Gasteiger partial charge is 0.261 e. The predicted octanol–water partition coefficient (Wildman–Crippen LogP) is 7.71. The minimum Gasteiger partial charge on any atom is -0.497 e. The second kappa shape index (κ2) is 15.0. The van der Waals surface area contributed by atoms with Crippen LogP contribution in [0.5, 0.6) is 5.75 Å². The largest absolute Gasteiger partial charge is 0.497 e. The van der Waals surface area contributed by atoms with E-state index >= 15 is 0 Å². The van der Waals surface area contributed by atoms with Crippen LogP contribution < -0.4 is 15.1 Å². The zero-order chi connectivity index (χ0) is 28.1. The molecule has 39 heavy (non-hydrogen) atoms. The van der Waals surface area contributed by atoms with Crippen molar-refractivity contribution in [1.82, 2.24) is 0 Å². The first kappa shape index (κ1) is 30.6. The van der Waals surface area contributed by atoms with Crippen molar-refractivity contribution in [3.63, 3.8) is 0 Å². The van der Waals surface area contributed by atoms with Crippen molar-refractivity contribution < 1.29 is 13.9 Å². The maximum absolute atomic E-state index is 7.13. The molecule has 3 rings (SSSR count). The van der Waals surface area contributed by atoms with E-state index in [4.69, 9.17) is 13.9 Å². The molecule has 0 radical (unpaired) electrons. The molecule has 0 spiro atoms. The molecule has 0 heterocycles. The number of allylic oxidation sites excluding steroid dienone is 1. The summed E-state index contributed by atoms with van der Waals surface area (Å²) in [5.41, 5.74) is 1.13. The Morgan fingerprint density at radius 2 is 1.41 bits per heavy atom. The number of hydrogen-bond acceptors (Lipinski definition) is 3. The number of ether oxygens (including phenoxy) is 2. The van der Waals surface area contributed by atoms with Crippen molar-refractivity contribution in [1.29, 1.82) is 0 Å². The van der Waals surface area contributed by atoms with E-state index in [0.717, 1.165) is 37.0 Å². The maximum atomic E-state index is 7.13. The minimum absolute atomic E-state index is 0.0247. The van der Waals surface area contributed by atoms with Crippen molar-refractivity contribution in [3.05, 3.63) is 116 Å². The van der Waals surface area contributed by atoms with Gasteiger partial charge in [0.1, 0.15) is 5.75 Å². The molecule has 208 valence electrons. The van der Waals surface area contributed by atoms with Gasteiger partial charge in [0.25, 0.3) is 8.32 Å². The quantitative estimate of drug-likeness (QED) is 0.105. The van der Waals surface area contributed by atoms with Gasteiger partial charge in [0.15, 0.2) is 0 Å². The summed E-state index contributed by atoms with van der Waals surface area (Å²) in [5.74, 6) is 1.20. The zero-order valence-corrected chi connectivity index (χ0v) is 25.3. The SMILES string of the molecule is C=CCCC(CCCO[Si](c1ccccc1)(c1ccccc1)C(C)(C)C)C(C=C)OCc1ccc(OC)cc1. The molecule has 0 N–H and O–H groups in total. The second-order valence-electron chi connectivity index (χ2n) is 11.1. The van der Waals surface area contributed by atoms with Crippen LogP contribution in [0.4, 0.5) is 0 Å². The van der Waals surface area contributed by atoms with Gasteiger partial charge in [-0.05, 0) is 64.7 Å². The predicted molar refractivity (Wildman–Crippen MR) is 167 cm³/mol. The van der Waals surface area contributed by atoms with Gasteiger partial charge in [-0.1, -0.05) is 106 Å². The average Bonchev–Trinajstić information content (AvgIpc) is 2.96. The molecule has 2 unspecified atom stereocenters. The summed E-state index contributed by atoms with van der Waals surface area (Å²) in [6.07, 6.45) is 7.86. The van der Waals surface area contributed by atoms with Gasteiger partial charge in [-0.25, -0.2) is 0 Å². The summed E-state index contributed by atoms with van der Waals surface area (Å²) in [7, 11) is -0.846. The molecule has 0 aliphatic heterocycles. The first-order valence-corrected chi connectivity index (χ1v) is 16.0. The monoisotopic (exact) mass is 542 g/mol. The van der Waals surface area contributed by atoms with E-state index in [2.05, 4.69) is 107 Å². The van der Waals surface area contributed by atoms with E-state index in [1.807, 2.05) is 24.3 Å². The van der Waals surface area contributed by atoms with E-state index in [1.165, 1.54) is 10.4 Å². The first-order valence-electron chi connectivity index (χ1n) is 14.1. The standard InChI is InChI=1S/C35H46O3Si/c1-7-9-17-30(34(8-2)37-28-29-23-25-31(36-6)26-24-29)18-16-27-38-39(35(3,4)5,32-19-12-10-13-20-32)33-21-14-11-15-22-33/h7-8,10-15,19-26,30,34H,1-2,9,16-18,27-28H2,3-6H3. The fraction of sp³-hybridized carbons (Fsp3) is 0.371. The van der Waals surface area contributed by atoms with Crippen LogP contribution in [0.1, 0.15) is 52.0 Å². The summed E-state index contributed by atoms with van der Waals surface area (Å²) >= 11 is 0. The van der Waals surface area contributed by atoms with Crippen LogP contribution in [0.2, 0.25) is 5.04 Å². The molecule has 3 nitrogen and oxygen atoms in total. The van der Waals surface area contributed by atoms with Crippen LogP contribution >= 0.6 is 0 Å². The number of benzene rings is 3. The molecule has 3 aromatic rings. The molecule has 0 aliphatic rings. The highest BCUT2D eigenvalue weighted by atomic mass is 28.4. The Morgan fingerprint density at radius 3 is 1.90 bits per heavy atom. The van der Waals surface area contributed by atoms with Crippen LogP contribution in [0.15, 0.2) is 110 Å². The van der Waals surface area contributed by atoms with Crippen LogP contribution in [0, 0.1) is 5.92 Å². The lowest BCUT2D eigenvalue weighted by atomic mass is 9.91. The van der Waals surface area contributed by atoms with Crippen molar-refractivity contribution >= 4 is 18.7 Å². The third kappa shape index (κ3) is 8.04. The highest BCUT2D eigenvalue weighted by molar-refractivity contribution is 6.99. The van der Waals surface area contributed by atoms with Crippen LogP contribution in [0.3, 0.4) is 0 Å². The Hall–Kier alpha value is -2.92. The number of hydrogen-bond donors (Lipinski definition) is 0. The highest BCUT2D eigenvalue weighted by Gasteiger charge is 2.49. The molecule has 0 bridgehead atoms. The number of rotatable bonds is 16. The van der Waals surface area contributed by atoms with E-state index in [9.17, 15) is 0 Å². The topological polar surface area (TPSA) is 27.7 Å². The lowest BCUT2D eigenvalue weighted by molar-refractivity contribution is 0.0259. The second-order valence-corrected chi connectivity index (χ2v) is 15.4. The molecule has 0 amide bonds. The van der Waals surface area contributed by atoms with Crippen LogP contribution in [0.25, 0.3) is 0 Å². The fourth-order valence-electron chi connectivity index (χ4n) is 5.45. The van der Waals surface area contributed by atoms with Gasteiger partial charge >= 0.3 is 0 Å². The average molecular weight is 543 g/mol. The Labute approximate surface area is 237 Å². The summed E-state index contributed by atoms with van der Waals surface area (Å²) in [4.78, 5) is 0. The molecule has 0 aromatic heterocycles. The third-order valence-corrected chi connectivity index (χ3v) is 12.5. The highest BCUT2D eigenvalue weighted by Crippen LogP contribution is 2.37. The number of methoxy groups -OCH3 is 1. The van der Waals surface area contributed by atoms with Crippen molar-refractivity contribution in [2.24, 2.45) is 5.92 Å². The Bertz CT molecular complexity index is 1080. The summed E-state index contributed by atoms with van der Waals surface area (Å²) in [6.45, 7) is 16.3. The zero-order valence-electron chi connectivity index (χ0n) is 24.3. The third-order valence-electron chi connectivity index (χ3n) is 7.49. The minimum atomic E-state index is -2.53. The molecule has 3 aromatic carbocycles. The van der Waals surface area contributed by atoms with E-state index in [1.54, 1.807) is 7.11 Å². The molecule has 0 saturated carbocycles. The molecule has 0 fully saturated rings. The van der Waals surface area contributed by atoms with Gasteiger partial charge in [-0.15, -0.1) is 13.2 Å². The molecular formula is C35H46O3Si. The van der Waals surface area contributed by atoms with Crippen molar-refractivity contribution in [3.8, 4) is 5.75 Å². The van der Waals surface area contributed by atoms with Gasteiger partial charge in [-0.3, -0.25) is 0 Å². The summed E-state index contributed by atoms with van der Waals surface area (Å²) in [6, 6.07) is 29.7. The van der Waals surface area contributed by atoms with Gasteiger partial charge in [0, 0.05) is 6.61 Å². The summed E-state index contributed by atoms with van der Waals surface area (Å²) < 4.78 is 18.8. The van der Waals surface area contributed by atoms with Gasteiger partial charge < -0.3 is 13.9 Å². The molecule has 2 atom stereocenters. The lowest BCUT2D eigenvalue weighted by Crippen LogP contribution is -2.66. The van der Waals surface area contributed by atoms with Crippen molar-refractivity contribution in [2.45, 2.75) is 64.2 Å². The molecule has 0 saturated heterocycles. The van der Waals surface area contributed by atoms with Gasteiger partial charge in [-0.2, -0.15) is 0 Å². The first-order chi connectivity index (χ1) is 18.9. The maximum Gasteiger partial charge on any atom is 0.261 e. The Kier molecular flexibility index (Phi) is 11.8. The molecule has 0 aliphatic carbocycles. The van der Waals surface area contributed by atoms with Gasteiger partial charge in [0.2, 0.25) is 0 Å². The molecular weight excluding hydrogens is 496 g/mol. The van der Waals surface area contributed by atoms with Gasteiger partial charge in [0.05, 0.1) is 19.8 Å². The summed E-state index contributed by atoms with van der Waals surface area (Å²) in [5, 5.41) is 2.61. The fourth-order valence-corrected chi connectivity index (χ4v) is 10.1. The Balaban J connectivity index is 1.73. The van der Waals surface area contributed by atoms with Crippen molar-refractivity contribution in [2.75, 3.05) is 13.7 Å². The van der Waals surface area contributed by atoms with Crippen LogP contribution in [-0.4, -0.2) is 28.1 Å². The van der Waals surface area contributed by atoms with E-state index < -0.39 is 8.32 Å².